The number of ether oxygens (including phenoxy) is 2. The molecular formula is C19H30F3IN4O2. The van der Waals surface area contributed by atoms with Gasteiger partial charge in [0.05, 0.1) is 33.4 Å². The molecule has 2 N–H and O–H groups in total. The van der Waals surface area contributed by atoms with Gasteiger partial charge >= 0.3 is 6.18 Å². The summed E-state index contributed by atoms with van der Waals surface area (Å²) in [5.41, 5.74) is 0.967. The first-order chi connectivity index (χ1) is 13.4. The van der Waals surface area contributed by atoms with Crippen LogP contribution in [0.4, 0.5) is 13.2 Å². The van der Waals surface area contributed by atoms with E-state index in [1.54, 1.807) is 7.11 Å². The molecule has 1 fully saturated rings. The van der Waals surface area contributed by atoms with Gasteiger partial charge in [0.2, 0.25) is 0 Å². The van der Waals surface area contributed by atoms with Crippen molar-refractivity contribution in [2.75, 3.05) is 46.4 Å². The highest BCUT2D eigenvalue weighted by Crippen LogP contribution is 2.20. The summed E-state index contributed by atoms with van der Waals surface area (Å²) in [7, 11) is 1.62. The Labute approximate surface area is 187 Å². The Morgan fingerprint density at radius 1 is 1.31 bits per heavy atom. The van der Waals surface area contributed by atoms with Crippen LogP contribution < -0.4 is 15.4 Å². The number of nitrogens with zero attached hydrogens (tertiary/aromatic N) is 2. The van der Waals surface area contributed by atoms with Crippen LogP contribution in [0.5, 0.6) is 5.75 Å². The van der Waals surface area contributed by atoms with E-state index in [-0.39, 0.29) is 30.0 Å². The number of methoxy groups -OCH3 is 1. The number of guanidine groups is 1. The summed E-state index contributed by atoms with van der Waals surface area (Å²) < 4.78 is 48.5. The molecule has 10 heteroatoms. The number of benzene rings is 1. The van der Waals surface area contributed by atoms with E-state index >= 15 is 0 Å². The summed E-state index contributed by atoms with van der Waals surface area (Å²) in [6.07, 6.45) is -3.50. The van der Waals surface area contributed by atoms with Crippen LogP contribution in [-0.2, 0) is 11.3 Å². The van der Waals surface area contributed by atoms with Crippen LogP contribution >= 0.6 is 24.0 Å². The van der Waals surface area contributed by atoms with Crippen molar-refractivity contribution in [1.29, 1.82) is 0 Å². The fraction of sp³-hybridized carbons (Fsp3) is 0.632. The molecule has 29 heavy (non-hydrogen) atoms. The Morgan fingerprint density at radius 3 is 2.76 bits per heavy atom. The highest BCUT2D eigenvalue weighted by Gasteiger charge is 2.34. The maximum Gasteiger partial charge on any atom is 0.401 e. The molecule has 6 nitrogen and oxygen atoms in total. The summed E-state index contributed by atoms with van der Waals surface area (Å²) in [6.45, 7) is 3.84. The minimum absolute atomic E-state index is 0. The monoisotopic (exact) mass is 530 g/mol. The van der Waals surface area contributed by atoms with E-state index in [0.29, 0.717) is 51.8 Å². The van der Waals surface area contributed by atoms with Crippen molar-refractivity contribution in [3.8, 4) is 5.75 Å². The minimum atomic E-state index is -4.16. The Hall–Kier alpha value is -1.27. The molecule has 1 aromatic carbocycles. The van der Waals surface area contributed by atoms with Crippen molar-refractivity contribution in [1.82, 2.24) is 15.5 Å². The van der Waals surface area contributed by atoms with Gasteiger partial charge in [-0.2, -0.15) is 13.2 Å². The molecule has 0 spiro atoms. The lowest BCUT2D eigenvalue weighted by molar-refractivity contribution is -0.143. The standard InChI is InChI=1S/C19H29F3N4O2.HI/c1-3-23-18(25-16-8-10-26(12-16)14-19(20,21)22)24-9-11-28-13-15-6-4-5-7-17(15)27-2;/h4-7,16H,3,8-14H2,1-2H3,(H2,23,24,25);1H. The van der Waals surface area contributed by atoms with Crippen molar-refractivity contribution >= 4 is 29.9 Å². The van der Waals surface area contributed by atoms with E-state index in [4.69, 9.17) is 9.47 Å². The largest absolute Gasteiger partial charge is 0.496 e. The Morgan fingerprint density at radius 2 is 2.07 bits per heavy atom. The molecule has 0 radical (unpaired) electrons. The van der Waals surface area contributed by atoms with Gasteiger partial charge < -0.3 is 20.1 Å². The van der Waals surface area contributed by atoms with E-state index in [0.717, 1.165) is 11.3 Å². The number of alkyl halides is 3. The van der Waals surface area contributed by atoms with Gasteiger partial charge in [0.1, 0.15) is 5.75 Å². The molecule has 166 valence electrons. The number of rotatable bonds is 9. The number of aliphatic imine (C=N–C) groups is 1. The smallest absolute Gasteiger partial charge is 0.401 e. The molecule has 0 aliphatic carbocycles. The van der Waals surface area contributed by atoms with E-state index in [1.807, 2.05) is 31.2 Å². The third kappa shape index (κ3) is 9.85. The lowest BCUT2D eigenvalue weighted by Gasteiger charge is -2.19. The molecule has 0 bridgehead atoms. The first-order valence-electron chi connectivity index (χ1n) is 9.45. The molecular weight excluding hydrogens is 500 g/mol. The summed E-state index contributed by atoms with van der Waals surface area (Å²) in [5, 5.41) is 6.34. The van der Waals surface area contributed by atoms with Gasteiger partial charge in [-0.15, -0.1) is 24.0 Å². The molecule has 2 rings (SSSR count). The fourth-order valence-electron chi connectivity index (χ4n) is 3.09. The third-order valence-electron chi connectivity index (χ3n) is 4.32. The molecule has 0 aromatic heterocycles. The van der Waals surface area contributed by atoms with Crippen LogP contribution in [0.25, 0.3) is 0 Å². The highest BCUT2D eigenvalue weighted by atomic mass is 127. The van der Waals surface area contributed by atoms with E-state index in [1.165, 1.54) is 4.90 Å². The van der Waals surface area contributed by atoms with Crippen LogP contribution in [0.3, 0.4) is 0 Å². The zero-order valence-electron chi connectivity index (χ0n) is 16.8. The van der Waals surface area contributed by atoms with Crippen LogP contribution in [-0.4, -0.2) is 69.5 Å². The summed E-state index contributed by atoms with van der Waals surface area (Å²) in [5.74, 6) is 1.38. The van der Waals surface area contributed by atoms with Crippen LogP contribution in [0.15, 0.2) is 29.3 Å². The van der Waals surface area contributed by atoms with Gasteiger partial charge in [-0.1, -0.05) is 18.2 Å². The highest BCUT2D eigenvalue weighted by molar-refractivity contribution is 14.0. The number of hydrogen-bond acceptors (Lipinski definition) is 4. The maximum atomic E-state index is 12.5. The van der Waals surface area contributed by atoms with E-state index in [9.17, 15) is 13.2 Å². The second-order valence-electron chi connectivity index (χ2n) is 6.61. The van der Waals surface area contributed by atoms with Crippen LogP contribution in [0, 0.1) is 0 Å². The first kappa shape index (κ1) is 25.8. The van der Waals surface area contributed by atoms with Gasteiger partial charge in [-0.05, 0) is 19.4 Å². The summed E-state index contributed by atoms with van der Waals surface area (Å²) in [6, 6.07) is 7.61. The molecule has 1 aliphatic heterocycles. The van der Waals surface area contributed by atoms with Gasteiger partial charge in [0.15, 0.2) is 5.96 Å². The molecule has 0 amide bonds. The Balaban J connectivity index is 0.00000420. The molecule has 1 atom stereocenters. The number of nitrogens with one attached hydrogen (secondary N) is 2. The van der Waals surface area contributed by atoms with Gasteiger partial charge in [0.25, 0.3) is 0 Å². The zero-order chi connectivity index (χ0) is 20.4. The quantitative estimate of drug-likeness (QED) is 0.223. The van der Waals surface area contributed by atoms with Crippen molar-refractivity contribution in [2.24, 2.45) is 4.99 Å². The van der Waals surface area contributed by atoms with Crippen LogP contribution in [0.1, 0.15) is 18.9 Å². The average molecular weight is 530 g/mol. The molecule has 1 aliphatic rings. The number of para-hydroxylation sites is 1. The van der Waals surface area contributed by atoms with Crippen molar-refractivity contribution < 1.29 is 22.6 Å². The third-order valence-corrected chi connectivity index (χ3v) is 4.32. The maximum absolute atomic E-state index is 12.5. The number of hydrogen-bond donors (Lipinski definition) is 2. The van der Waals surface area contributed by atoms with Crippen molar-refractivity contribution in [3.63, 3.8) is 0 Å². The van der Waals surface area contributed by atoms with Gasteiger partial charge in [-0.3, -0.25) is 9.89 Å². The topological polar surface area (TPSA) is 58.1 Å². The van der Waals surface area contributed by atoms with Crippen molar-refractivity contribution in [2.45, 2.75) is 32.2 Å². The Bertz CT molecular complexity index is 632. The van der Waals surface area contributed by atoms with E-state index < -0.39 is 12.7 Å². The SMILES string of the molecule is CCNC(=NCCOCc1ccccc1OC)NC1CCN(CC(F)(F)F)C1.I. The van der Waals surface area contributed by atoms with Gasteiger partial charge in [0, 0.05) is 31.2 Å². The van der Waals surface area contributed by atoms with Crippen LogP contribution in [0.2, 0.25) is 0 Å². The molecule has 0 saturated carbocycles. The molecule has 1 aromatic rings. The number of likely N-dealkylation sites (tertiary alicyclic amines) is 1. The predicted octanol–water partition coefficient (Wildman–Crippen LogP) is 3.02. The van der Waals surface area contributed by atoms with Gasteiger partial charge in [-0.25, -0.2) is 0 Å². The zero-order valence-corrected chi connectivity index (χ0v) is 19.1. The minimum Gasteiger partial charge on any atom is -0.496 e. The Kier molecular flexibility index (Phi) is 11.7. The van der Waals surface area contributed by atoms with E-state index in [2.05, 4.69) is 15.6 Å². The molecule has 1 heterocycles. The normalized spacial score (nSPS) is 17.7. The first-order valence-corrected chi connectivity index (χ1v) is 9.45. The fourth-order valence-corrected chi connectivity index (χ4v) is 3.09. The lowest BCUT2D eigenvalue weighted by atomic mass is 10.2. The molecule has 1 unspecified atom stereocenters. The second-order valence-corrected chi connectivity index (χ2v) is 6.61. The number of halogens is 4. The second kappa shape index (κ2) is 13.1. The predicted molar refractivity (Wildman–Crippen MR) is 118 cm³/mol. The van der Waals surface area contributed by atoms with Crippen molar-refractivity contribution in [3.05, 3.63) is 29.8 Å². The molecule has 1 saturated heterocycles. The summed E-state index contributed by atoms with van der Waals surface area (Å²) >= 11 is 0. The average Bonchev–Trinajstić information content (AvgIpc) is 3.06. The summed E-state index contributed by atoms with van der Waals surface area (Å²) in [4.78, 5) is 5.86. The lowest BCUT2D eigenvalue weighted by Crippen LogP contribution is -2.45.